The van der Waals surface area contributed by atoms with Gasteiger partial charge in [-0.2, -0.15) is 4.98 Å². The standard InChI is InChI=1S/C32H24N4O2/c1-36-28(24-14-7-3-8-15-24)22-33-32(36)27-18-11-19-29(34-27)38-31-21-25(23-12-5-2-6-13-23)20-30(35-31)37-26-16-9-4-10-17-26/h2-22H,1H3. The Labute approximate surface area is 220 Å². The third kappa shape index (κ3) is 5.01. The second kappa shape index (κ2) is 10.4. The van der Waals surface area contributed by atoms with Gasteiger partial charge in [0.05, 0.1) is 11.9 Å². The molecule has 6 nitrogen and oxygen atoms in total. The lowest BCUT2D eigenvalue weighted by atomic mass is 10.1. The highest BCUT2D eigenvalue weighted by molar-refractivity contribution is 5.66. The van der Waals surface area contributed by atoms with Crippen molar-refractivity contribution in [2.24, 2.45) is 7.05 Å². The third-order valence-electron chi connectivity index (χ3n) is 6.07. The van der Waals surface area contributed by atoms with E-state index in [-0.39, 0.29) is 0 Å². The lowest BCUT2D eigenvalue weighted by Gasteiger charge is -2.11. The molecule has 3 aromatic heterocycles. The van der Waals surface area contributed by atoms with Crippen LogP contribution in [-0.4, -0.2) is 19.5 Å². The van der Waals surface area contributed by atoms with Gasteiger partial charge in [-0.3, -0.25) is 0 Å². The smallest absolute Gasteiger partial charge is 0.225 e. The largest absolute Gasteiger partial charge is 0.439 e. The first-order chi connectivity index (χ1) is 18.7. The molecule has 38 heavy (non-hydrogen) atoms. The van der Waals surface area contributed by atoms with E-state index in [4.69, 9.17) is 14.5 Å². The lowest BCUT2D eigenvalue weighted by molar-refractivity contribution is 0.418. The zero-order valence-corrected chi connectivity index (χ0v) is 20.7. The van der Waals surface area contributed by atoms with E-state index in [0.717, 1.165) is 28.2 Å². The Morgan fingerprint density at radius 2 is 1.18 bits per heavy atom. The van der Waals surface area contributed by atoms with Crippen LogP contribution in [0.25, 0.3) is 33.9 Å². The number of para-hydroxylation sites is 1. The topological polar surface area (TPSA) is 62.1 Å². The molecule has 0 N–H and O–H groups in total. The molecule has 6 rings (SSSR count). The summed E-state index contributed by atoms with van der Waals surface area (Å²) >= 11 is 0. The number of hydrogen-bond acceptors (Lipinski definition) is 5. The highest BCUT2D eigenvalue weighted by Crippen LogP contribution is 2.32. The summed E-state index contributed by atoms with van der Waals surface area (Å²) in [5.41, 5.74) is 4.75. The zero-order valence-electron chi connectivity index (χ0n) is 20.7. The van der Waals surface area contributed by atoms with Crippen molar-refractivity contribution in [1.82, 2.24) is 19.5 Å². The highest BCUT2D eigenvalue weighted by Gasteiger charge is 2.14. The Hall–Kier alpha value is -5.23. The van der Waals surface area contributed by atoms with Gasteiger partial charge in [-0.1, -0.05) is 84.9 Å². The van der Waals surface area contributed by atoms with Gasteiger partial charge >= 0.3 is 0 Å². The molecule has 6 aromatic rings. The van der Waals surface area contributed by atoms with Crippen LogP contribution in [0.15, 0.2) is 128 Å². The van der Waals surface area contributed by atoms with Crippen LogP contribution >= 0.6 is 0 Å². The van der Waals surface area contributed by atoms with Crippen LogP contribution in [0, 0.1) is 0 Å². The van der Waals surface area contributed by atoms with Crippen LogP contribution in [-0.2, 0) is 7.05 Å². The van der Waals surface area contributed by atoms with Crippen molar-refractivity contribution in [1.29, 1.82) is 0 Å². The Bertz CT molecular complexity index is 1670. The van der Waals surface area contributed by atoms with Crippen LogP contribution < -0.4 is 9.47 Å². The number of rotatable bonds is 7. The number of hydrogen-bond donors (Lipinski definition) is 0. The molecule has 3 heterocycles. The first kappa shape index (κ1) is 23.2. The average molecular weight is 497 g/mol. The molecule has 0 aliphatic rings. The van der Waals surface area contributed by atoms with Gasteiger partial charge in [0.25, 0.3) is 0 Å². The van der Waals surface area contributed by atoms with Crippen LogP contribution in [0.1, 0.15) is 0 Å². The number of pyridine rings is 2. The predicted octanol–water partition coefficient (Wildman–Crippen LogP) is 7.80. The molecule has 0 aliphatic carbocycles. The van der Waals surface area contributed by atoms with E-state index in [1.54, 1.807) is 6.07 Å². The molecule has 6 heteroatoms. The van der Waals surface area contributed by atoms with E-state index >= 15 is 0 Å². The summed E-state index contributed by atoms with van der Waals surface area (Å²) in [6, 6.07) is 39.2. The first-order valence-electron chi connectivity index (χ1n) is 12.3. The minimum absolute atomic E-state index is 0.381. The van der Waals surface area contributed by atoms with Crippen molar-refractivity contribution in [3.8, 4) is 57.3 Å². The maximum absolute atomic E-state index is 6.17. The van der Waals surface area contributed by atoms with E-state index in [9.17, 15) is 0 Å². The molecule has 0 radical (unpaired) electrons. The molecule has 0 spiro atoms. The van der Waals surface area contributed by atoms with E-state index < -0.39 is 0 Å². The van der Waals surface area contributed by atoms with Crippen molar-refractivity contribution in [3.63, 3.8) is 0 Å². The summed E-state index contributed by atoms with van der Waals surface area (Å²) < 4.78 is 14.2. The predicted molar refractivity (Wildman–Crippen MR) is 148 cm³/mol. The van der Waals surface area contributed by atoms with Gasteiger partial charge in [-0.05, 0) is 34.9 Å². The summed E-state index contributed by atoms with van der Waals surface area (Å²) in [4.78, 5) is 14.0. The van der Waals surface area contributed by atoms with Crippen LogP contribution in [0.3, 0.4) is 0 Å². The molecular weight excluding hydrogens is 472 g/mol. The van der Waals surface area contributed by atoms with Crippen molar-refractivity contribution in [2.75, 3.05) is 0 Å². The first-order valence-corrected chi connectivity index (χ1v) is 12.3. The van der Waals surface area contributed by atoms with Gasteiger partial charge in [0, 0.05) is 25.2 Å². The molecule has 0 fully saturated rings. The zero-order chi connectivity index (χ0) is 25.7. The Morgan fingerprint density at radius 1 is 0.553 bits per heavy atom. The van der Waals surface area contributed by atoms with Gasteiger partial charge < -0.3 is 14.0 Å². The molecule has 0 bridgehead atoms. The van der Waals surface area contributed by atoms with E-state index in [2.05, 4.69) is 22.1 Å². The van der Waals surface area contributed by atoms with Gasteiger partial charge in [-0.15, -0.1) is 0 Å². The minimum Gasteiger partial charge on any atom is -0.439 e. The maximum atomic E-state index is 6.17. The lowest BCUT2D eigenvalue weighted by Crippen LogP contribution is -1.99. The Morgan fingerprint density at radius 3 is 1.89 bits per heavy atom. The fraction of sp³-hybridized carbons (Fsp3) is 0.0312. The van der Waals surface area contributed by atoms with Crippen molar-refractivity contribution in [3.05, 3.63) is 128 Å². The normalized spacial score (nSPS) is 10.8. The van der Waals surface area contributed by atoms with Gasteiger partial charge in [-0.25, -0.2) is 9.97 Å². The van der Waals surface area contributed by atoms with E-state index in [1.807, 2.05) is 121 Å². The second-order valence-corrected chi connectivity index (χ2v) is 8.67. The molecule has 0 amide bonds. The summed E-state index contributed by atoms with van der Waals surface area (Å²) in [6.07, 6.45) is 1.86. The van der Waals surface area contributed by atoms with E-state index in [1.165, 1.54) is 0 Å². The maximum Gasteiger partial charge on any atom is 0.225 e. The average Bonchev–Trinajstić information content (AvgIpc) is 3.36. The molecular formula is C32H24N4O2. The third-order valence-corrected chi connectivity index (χ3v) is 6.07. The quantitative estimate of drug-likeness (QED) is 0.226. The Kier molecular flexibility index (Phi) is 6.35. The fourth-order valence-electron chi connectivity index (χ4n) is 4.22. The number of nitrogens with zero attached hydrogens (tertiary/aromatic N) is 4. The van der Waals surface area contributed by atoms with Crippen LogP contribution in [0.2, 0.25) is 0 Å². The SMILES string of the molecule is Cn1c(-c2ccccc2)cnc1-c1cccc(Oc2cc(-c3ccccc3)cc(Oc3ccccc3)n2)n1. The fourth-order valence-corrected chi connectivity index (χ4v) is 4.22. The molecule has 0 saturated carbocycles. The monoisotopic (exact) mass is 496 g/mol. The van der Waals surface area contributed by atoms with Crippen molar-refractivity contribution >= 4 is 0 Å². The van der Waals surface area contributed by atoms with Crippen molar-refractivity contribution in [2.45, 2.75) is 0 Å². The number of aromatic nitrogens is 4. The molecule has 0 atom stereocenters. The number of imidazole rings is 1. The summed E-state index contributed by atoms with van der Waals surface area (Å²) in [5.74, 6) is 2.66. The summed E-state index contributed by atoms with van der Waals surface area (Å²) in [5, 5.41) is 0. The number of benzene rings is 3. The van der Waals surface area contributed by atoms with Crippen LogP contribution in [0.4, 0.5) is 0 Å². The Balaban J connectivity index is 1.33. The minimum atomic E-state index is 0.381. The van der Waals surface area contributed by atoms with Crippen LogP contribution in [0.5, 0.6) is 23.4 Å². The molecule has 0 saturated heterocycles. The summed E-state index contributed by atoms with van der Waals surface area (Å²) in [7, 11) is 1.98. The van der Waals surface area contributed by atoms with Gasteiger partial charge in [0.15, 0.2) is 5.82 Å². The highest BCUT2D eigenvalue weighted by atomic mass is 16.5. The van der Waals surface area contributed by atoms with Gasteiger partial charge in [0.2, 0.25) is 17.6 Å². The molecule has 3 aromatic carbocycles. The molecule has 184 valence electrons. The van der Waals surface area contributed by atoms with E-state index in [0.29, 0.717) is 29.1 Å². The summed E-state index contributed by atoms with van der Waals surface area (Å²) in [6.45, 7) is 0. The molecule has 0 aliphatic heterocycles. The molecule has 0 unspecified atom stereocenters. The second-order valence-electron chi connectivity index (χ2n) is 8.67. The van der Waals surface area contributed by atoms with Gasteiger partial charge in [0.1, 0.15) is 11.4 Å². The number of ether oxygens (including phenoxy) is 2. The van der Waals surface area contributed by atoms with Crippen molar-refractivity contribution < 1.29 is 9.47 Å².